The van der Waals surface area contributed by atoms with Crippen molar-refractivity contribution in [2.75, 3.05) is 5.32 Å². The third-order valence-electron chi connectivity index (χ3n) is 2.93. The maximum atomic E-state index is 11.3. The molecule has 0 fully saturated rings. The zero-order valence-electron chi connectivity index (χ0n) is 10.5. The van der Waals surface area contributed by atoms with Gasteiger partial charge in [-0.2, -0.15) is 5.10 Å². The van der Waals surface area contributed by atoms with Gasteiger partial charge in [0.15, 0.2) is 5.65 Å². The Hall–Kier alpha value is -2.34. The largest absolute Gasteiger partial charge is 0.366 e. The van der Waals surface area contributed by atoms with E-state index in [1.54, 1.807) is 6.07 Å². The smallest absolute Gasteiger partial charge is 0.348 e. The van der Waals surface area contributed by atoms with E-state index in [9.17, 15) is 4.79 Å². The molecule has 7 heteroatoms. The Labute approximate surface area is 119 Å². The third-order valence-corrected chi connectivity index (χ3v) is 3.24. The number of aromatic nitrogens is 4. The van der Waals surface area contributed by atoms with Crippen LogP contribution in [0.3, 0.4) is 0 Å². The van der Waals surface area contributed by atoms with Crippen molar-refractivity contribution >= 4 is 23.1 Å². The van der Waals surface area contributed by atoms with E-state index in [4.69, 9.17) is 11.6 Å². The normalized spacial score (nSPS) is 10.8. The molecule has 0 amide bonds. The average molecular weight is 290 g/mol. The summed E-state index contributed by atoms with van der Waals surface area (Å²) in [5.74, 6) is 1.15. The molecule has 0 atom stereocenters. The minimum absolute atomic E-state index is 0.297. The van der Waals surface area contributed by atoms with Crippen molar-refractivity contribution in [3.63, 3.8) is 0 Å². The quantitative estimate of drug-likeness (QED) is 0.718. The SMILES string of the molecule is O=c1[nH]nc2cc(NCc3cccc(CCl)c3)ncn12. The first-order valence-corrected chi connectivity index (χ1v) is 6.60. The number of nitrogens with one attached hydrogen (secondary N) is 2. The molecular weight excluding hydrogens is 278 g/mol. The number of hydrogen-bond donors (Lipinski definition) is 2. The van der Waals surface area contributed by atoms with Crippen molar-refractivity contribution in [2.45, 2.75) is 12.4 Å². The maximum Gasteiger partial charge on any atom is 0.348 e. The molecule has 0 radical (unpaired) electrons. The molecule has 102 valence electrons. The molecule has 0 spiro atoms. The van der Waals surface area contributed by atoms with Gasteiger partial charge < -0.3 is 5.32 Å². The van der Waals surface area contributed by atoms with Gasteiger partial charge in [-0.3, -0.25) is 0 Å². The Bertz CT molecular complexity index is 795. The van der Waals surface area contributed by atoms with Gasteiger partial charge in [0.1, 0.15) is 12.1 Å². The van der Waals surface area contributed by atoms with Gasteiger partial charge in [-0.25, -0.2) is 19.3 Å². The average Bonchev–Trinajstić information content (AvgIpc) is 2.86. The first-order chi connectivity index (χ1) is 9.76. The maximum absolute atomic E-state index is 11.3. The van der Waals surface area contributed by atoms with Crippen molar-refractivity contribution in [1.82, 2.24) is 19.6 Å². The van der Waals surface area contributed by atoms with E-state index in [1.165, 1.54) is 10.7 Å². The molecule has 0 aliphatic carbocycles. The summed E-state index contributed by atoms with van der Waals surface area (Å²) in [4.78, 5) is 15.5. The van der Waals surface area contributed by atoms with Crippen LogP contribution in [0.15, 0.2) is 41.5 Å². The molecule has 2 heterocycles. The number of aromatic amines is 1. The highest BCUT2D eigenvalue weighted by atomic mass is 35.5. The van der Waals surface area contributed by atoms with Crippen molar-refractivity contribution in [3.05, 3.63) is 58.3 Å². The van der Waals surface area contributed by atoms with Crippen LogP contribution in [-0.4, -0.2) is 19.6 Å². The number of hydrogen-bond acceptors (Lipinski definition) is 4. The second kappa shape index (κ2) is 5.34. The summed E-state index contributed by atoms with van der Waals surface area (Å²) in [5, 5.41) is 9.45. The minimum Gasteiger partial charge on any atom is -0.366 e. The molecule has 0 bridgehead atoms. The number of nitrogens with zero attached hydrogens (tertiary/aromatic N) is 3. The minimum atomic E-state index is -0.297. The lowest BCUT2D eigenvalue weighted by atomic mass is 10.1. The number of rotatable bonds is 4. The molecule has 0 saturated carbocycles. The first-order valence-electron chi connectivity index (χ1n) is 6.07. The first kappa shape index (κ1) is 12.7. The monoisotopic (exact) mass is 289 g/mol. The van der Waals surface area contributed by atoms with Crippen molar-refractivity contribution in [1.29, 1.82) is 0 Å². The van der Waals surface area contributed by atoms with Crippen molar-refractivity contribution < 1.29 is 0 Å². The van der Waals surface area contributed by atoms with Gasteiger partial charge in [-0.05, 0) is 11.1 Å². The molecule has 2 N–H and O–H groups in total. The van der Waals surface area contributed by atoms with Crippen LogP contribution in [0.2, 0.25) is 0 Å². The molecule has 1 aromatic carbocycles. The van der Waals surface area contributed by atoms with Crippen molar-refractivity contribution in [2.24, 2.45) is 0 Å². The highest BCUT2D eigenvalue weighted by molar-refractivity contribution is 6.17. The van der Waals surface area contributed by atoms with Gasteiger partial charge in [0.25, 0.3) is 0 Å². The molecule has 0 saturated heterocycles. The number of alkyl halides is 1. The van der Waals surface area contributed by atoms with Gasteiger partial charge >= 0.3 is 5.69 Å². The number of benzene rings is 1. The Morgan fingerprint density at radius 3 is 3.00 bits per heavy atom. The second-order valence-corrected chi connectivity index (χ2v) is 4.61. The van der Waals surface area contributed by atoms with E-state index in [-0.39, 0.29) is 5.69 Å². The molecule has 6 nitrogen and oxygen atoms in total. The van der Waals surface area contributed by atoms with Gasteiger partial charge in [0, 0.05) is 18.5 Å². The van der Waals surface area contributed by atoms with Crippen LogP contribution in [0.1, 0.15) is 11.1 Å². The molecule has 0 unspecified atom stereocenters. The van der Waals surface area contributed by atoms with Crippen LogP contribution in [0.5, 0.6) is 0 Å². The summed E-state index contributed by atoms with van der Waals surface area (Å²) in [6.45, 7) is 0.628. The number of H-pyrrole nitrogens is 1. The molecule has 3 aromatic rings. The molecule has 2 aromatic heterocycles. The zero-order chi connectivity index (χ0) is 13.9. The van der Waals surface area contributed by atoms with Gasteiger partial charge in [0.05, 0.1) is 0 Å². The van der Waals surface area contributed by atoms with E-state index in [0.717, 1.165) is 11.1 Å². The van der Waals surface area contributed by atoms with Crippen LogP contribution in [0.25, 0.3) is 5.65 Å². The van der Waals surface area contributed by atoms with Gasteiger partial charge in [-0.15, -0.1) is 11.6 Å². The fourth-order valence-corrected chi connectivity index (χ4v) is 2.09. The molecule has 0 aliphatic heterocycles. The summed E-state index contributed by atoms with van der Waals surface area (Å²) >= 11 is 5.81. The highest BCUT2D eigenvalue weighted by Crippen LogP contribution is 2.10. The van der Waals surface area contributed by atoms with E-state index >= 15 is 0 Å². The lowest BCUT2D eigenvalue weighted by Crippen LogP contribution is -2.10. The van der Waals surface area contributed by atoms with Crippen molar-refractivity contribution in [3.8, 4) is 0 Å². The van der Waals surface area contributed by atoms with E-state index < -0.39 is 0 Å². The van der Waals surface area contributed by atoms with Crippen LogP contribution in [-0.2, 0) is 12.4 Å². The number of fused-ring (bicyclic) bond motifs is 1. The fraction of sp³-hybridized carbons (Fsp3) is 0.154. The van der Waals surface area contributed by atoms with Crippen LogP contribution in [0, 0.1) is 0 Å². The van der Waals surface area contributed by atoms with Gasteiger partial charge in [0.2, 0.25) is 0 Å². The van der Waals surface area contributed by atoms with Crippen LogP contribution < -0.4 is 11.0 Å². The summed E-state index contributed by atoms with van der Waals surface area (Å²) in [7, 11) is 0. The Morgan fingerprint density at radius 2 is 2.15 bits per heavy atom. The molecule has 20 heavy (non-hydrogen) atoms. The Kier molecular flexibility index (Phi) is 3.39. The predicted octanol–water partition coefficient (Wildman–Crippen LogP) is 1.77. The molecule has 3 rings (SSSR count). The lowest BCUT2D eigenvalue weighted by Gasteiger charge is -2.06. The highest BCUT2D eigenvalue weighted by Gasteiger charge is 2.02. The van der Waals surface area contributed by atoms with Crippen LogP contribution in [0.4, 0.5) is 5.82 Å². The standard InChI is InChI=1S/C13H12ClN5O/c14-6-9-2-1-3-10(4-9)7-15-11-5-12-17-18-13(20)19(12)8-16-11/h1-5,8,15H,6-7H2,(H,18,20). The third kappa shape index (κ3) is 2.50. The number of halogens is 1. The topological polar surface area (TPSA) is 75.1 Å². The van der Waals surface area contributed by atoms with E-state index in [1.807, 2.05) is 24.3 Å². The molecular formula is C13H12ClN5O. The number of anilines is 1. The summed E-state index contributed by atoms with van der Waals surface area (Å²) in [6.07, 6.45) is 1.44. The molecule has 0 aliphatic rings. The fourth-order valence-electron chi connectivity index (χ4n) is 1.92. The van der Waals surface area contributed by atoms with Gasteiger partial charge in [-0.1, -0.05) is 24.3 Å². The lowest BCUT2D eigenvalue weighted by molar-refractivity contribution is 0.990. The second-order valence-electron chi connectivity index (χ2n) is 4.34. The Balaban J connectivity index is 1.77. The van der Waals surface area contributed by atoms with E-state index in [2.05, 4.69) is 20.5 Å². The summed E-state index contributed by atoms with van der Waals surface area (Å²) in [6, 6.07) is 9.72. The Morgan fingerprint density at radius 1 is 1.30 bits per heavy atom. The van der Waals surface area contributed by atoms with E-state index in [0.29, 0.717) is 23.9 Å². The zero-order valence-corrected chi connectivity index (χ0v) is 11.3. The summed E-state index contributed by atoms with van der Waals surface area (Å²) < 4.78 is 1.35. The predicted molar refractivity (Wildman–Crippen MR) is 76.9 cm³/mol. The van der Waals surface area contributed by atoms with Crippen LogP contribution >= 0.6 is 11.6 Å². The summed E-state index contributed by atoms with van der Waals surface area (Å²) in [5.41, 5.74) is 2.42.